The number of anilines is 1. The Bertz CT molecular complexity index is 548. The van der Waals surface area contributed by atoms with Gasteiger partial charge in [-0.1, -0.05) is 22.0 Å². The van der Waals surface area contributed by atoms with Gasteiger partial charge in [0, 0.05) is 21.8 Å². The molecule has 0 saturated heterocycles. The van der Waals surface area contributed by atoms with Gasteiger partial charge in [-0.05, 0) is 24.3 Å². The third kappa shape index (κ3) is 2.45. The van der Waals surface area contributed by atoms with E-state index >= 15 is 0 Å². The second-order valence-corrected chi connectivity index (χ2v) is 4.46. The molecule has 0 saturated carbocycles. The van der Waals surface area contributed by atoms with Crippen molar-refractivity contribution < 1.29 is 9.50 Å². The van der Waals surface area contributed by atoms with Crippen LogP contribution in [-0.4, -0.2) is 10.1 Å². The molecule has 0 fully saturated rings. The summed E-state index contributed by atoms with van der Waals surface area (Å²) in [5.74, 6) is -0.289. The first kappa shape index (κ1) is 12.0. The highest BCUT2D eigenvalue weighted by molar-refractivity contribution is 9.10. The molecule has 0 spiro atoms. The molecule has 3 N–H and O–H groups in total. The zero-order valence-electron chi connectivity index (χ0n) is 8.77. The van der Waals surface area contributed by atoms with E-state index in [-0.39, 0.29) is 11.4 Å². The Labute approximate surface area is 106 Å². The van der Waals surface area contributed by atoms with Crippen molar-refractivity contribution in [3.8, 4) is 0 Å². The van der Waals surface area contributed by atoms with Crippen molar-refractivity contribution in [1.82, 2.24) is 4.98 Å². The molecule has 2 aromatic rings. The van der Waals surface area contributed by atoms with Crippen LogP contribution < -0.4 is 5.73 Å². The maximum Gasteiger partial charge on any atom is 0.129 e. The van der Waals surface area contributed by atoms with Crippen molar-refractivity contribution in [3.05, 3.63) is 57.9 Å². The molecule has 0 amide bonds. The van der Waals surface area contributed by atoms with E-state index in [1.54, 1.807) is 18.2 Å². The van der Waals surface area contributed by atoms with Crippen LogP contribution in [0.2, 0.25) is 0 Å². The first-order chi connectivity index (χ1) is 8.09. The highest BCUT2D eigenvalue weighted by atomic mass is 79.9. The Morgan fingerprint density at radius 3 is 2.76 bits per heavy atom. The zero-order valence-corrected chi connectivity index (χ0v) is 10.4. The van der Waals surface area contributed by atoms with Crippen molar-refractivity contribution >= 4 is 21.7 Å². The van der Waals surface area contributed by atoms with E-state index in [2.05, 4.69) is 20.9 Å². The van der Waals surface area contributed by atoms with Gasteiger partial charge in [0.05, 0.1) is 0 Å². The molecule has 2 rings (SSSR count). The molecule has 1 unspecified atom stereocenters. The van der Waals surface area contributed by atoms with Gasteiger partial charge in [-0.3, -0.25) is 0 Å². The summed E-state index contributed by atoms with van der Waals surface area (Å²) in [5, 5.41) is 10.1. The van der Waals surface area contributed by atoms with Gasteiger partial charge in [-0.15, -0.1) is 0 Å². The number of nitrogen functional groups attached to an aromatic ring is 1. The fourth-order valence-corrected chi connectivity index (χ4v) is 1.93. The molecule has 3 nitrogen and oxygen atoms in total. The summed E-state index contributed by atoms with van der Waals surface area (Å²) in [7, 11) is 0. The molecule has 1 atom stereocenters. The quantitative estimate of drug-likeness (QED) is 0.896. The molecule has 1 aromatic carbocycles. The molecule has 5 heteroatoms. The highest BCUT2D eigenvalue weighted by Crippen LogP contribution is 2.28. The first-order valence-corrected chi connectivity index (χ1v) is 5.72. The summed E-state index contributed by atoms with van der Waals surface area (Å²) in [5.41, 5.74) is 6.20. The van der Waals surface area contributed by atoms with Gasteiger partial charge in [0.15, 0.2) is 0 Å². The van der Waals surface area contributed by atoms with Crippen molar-refractivity contribution in [3.63, 3.8) is 0 Å². The van der Waals surface area contributed by atoms with Crippen LogP contribution in [0.15, 0.2) is 41.0 Å². The van der Waals surface area contributed by atoms with E-state index < -0.39 is 11.9 Å². The normalized spacial score (nSPS) is 12.4. The number of nitrogens with zero attached hydrogens (tertiary/aromatic N) is 1. The van der Waals surface area contributed by atoms with Crippen LogP contribution >= 0.6 is 15.9 Å². The zero-order chi connectivity index (χ0) is 12.4. The lowest BCUT2D eigenvalue weighted by molar-refractivity contribution is 0.215. The molecule has 0 aliphatic carbocycles. The predicted octanol–water partition coefficient (Wildman–Crippen LogP) is 2.65. The van der Waals surface area contributed by atoms with Crippen LogP contribution in [0.1, 0.15) is 17.2 Å². The maximum absolute atomic E-state index is 13.6. The molecular formula is C12H10BrFN2O. The lowest BCUT2D eigenvalue weighted by Crippen LogP contribution is -2.07. The number of rotatable bonds is 2. The van der Waals surface area contributed by atoms with Gasteiger partial charge in [-0.25, -0.2) is 9.37 Å². The van der Waals surface area contributed by atoms with E-state index in [0.717, 1.165) is 0 Å². The minimum absolute atomic E-state index is 0.166. The van der Waals surface area contributed by atoms with E-state index in [0.29, 0.717) is 10.0 Å². The summed E-state index contributed by atoms with van der Waals surface area (Å²) in [6, 6.07) is 7.64. The number of halogens is 2. The molecule has 17 heavy (non-hydrogen) atoms. The van der Waals surface area contributed by atoms with Crippen LogP contribution in [0.25, 0.3) is 0 Å². The second-order valence-electron chi connectivity index (χ2n) is 3.55. The van der Waals surface area contributed by atoms with E-state index in [1.807, 2.05) is 0 Å². The van der Waals surface area contributed by atoms with Gasteiger partial charge >= 0.3 is 0 Å². The SMILES string of the molecule is Nc1ncccc1C(O)c1cc(Br)ccc1F. The third-order valence-corrected chi connectivity index (χ3v) is 2.91. The second kappa shape index (κ2) is 4.81. The summed E-state index contributed by atoms with van der Waals surface area (Å²) in [4.78, 5) is 3.86. The number of hydrogen-bond acceptors (Lipinski definition) is 3. The minimum atomic E-state index is -1.12. The van der Waals surface area contributed by atoms with Crippen molar-refractivity contribution in [1.29, 1.82) is 0 Å². The molecule has 88 valence electrons. The van der Waals surface area contributed by atoms with Crippen LogP contribution in [0.3, 0.4) is 0 Å². The minimum Gasteiger partial charge on any atom is -0.383 e. The van der Waals surface area contributed by atoms with E-state index in [9.17, 15) is 9.50 Å². The predicted molar refractivity (Wildman–Crippen MR) is 66.8 cm³/mol. The van der Waals surface area contributed by atoms with Gasteiger partial charge in [0.2, 0.25) is 0 Å². The molecule has 1 heterocycles. The maximum atomic E-state index is 13.6. The smallest absolute Gasteiger partial charge is 0.129 e. The van der Waals surface area contributed by atoms with Crippen LogP contribution in [0.5, 0.6) is 0 Å². The summed E-state index contributed by atoms with van der Waals surface area (Å²) < 4.78 is 14.3. The molecule has 0 aliphatic heterocycles. The van der Waals surface area contributed by atoms with E-state index in [1.165, 1.54) is 18.3 Å². The number of benzene rings is 1. The van der Waals surface area contributed by atoms with Gasteiger partial charge in [0.25, 0.3) is 0 Å². The molecule has 1 aromatic heterocycles. The van der Waals surface area contributed by atoms with Crippen LogP contribution in [0.4, 0.5) is 10.2 Å². The van der Waals surface area contributed by atoms with Crippen molar-refractivity contribution in [2.75, 3.05) is 5.73 Å². The number of hydrogen-bond donors (Lipinski definition) is 2. The monoisotopic (exact) mass is 296 g/mol. The van der Waals surface area contributed by atoms with Gasteiger partial charge in [0.1, 0.15) is 17.7 Å². The van der Waals surface area contributed by atoms with Crippen molar-refractivity contribution in [2.45, 2.75) is 6.10 Å². The fraction of sp³-hybridized carbons (Fsp3) is 0.0833. The molecule has 0 aliphatic rings. The Balaban J connectivity index is 2.47. The Morgan fingerprint density at radius 2 is 2.06 bits per heavy atom. The fourth-order valence-electron chi connectivity index (χ4n) is 1.55. The standard InChI is InChI=1S/C12H10BrFN2O/c13-7-3-4-10(14)9(6-7)11(17)8-2-1-5-16-12(8)15/h1-6,11,17H,(H2,15,16). The lowest BCUT2D eigenvalue weighted by atomic mass is 10.0. The van der Waals surface area contributed by atoms with Gasteiger partial charge in [-0.2, -0.15) is 0 Å². The third-order valence-electron chi connectivity index (χ3n) is 2.42. The number of pyridine rings is 1. The Kier molecular flexibility index (Phi) is 3.40. The molecular weight excluding hydrogens is 287 g/mol. The van der Waals surface area contributed by atoms with Crippen molar-refractivity contribution in [2.24, 2.45) is 0 Å². The number of nitrogens with two attached hydrogens (primary N) is 1. The molecule has 0 bridgehead atoms. The number of aliphatic hydroxyl groups is 1. The lowest BCUT2D eigenvalue weighted by Gasteiger charge is -2.14. The van der Waals surface area contributed by atoms with Crippen LogP contribution in [-0.2, 0) is 0 Å². The summed E-state index contributed by atoms with van der Waals surface area (Å²) >= 11 is 3.23. The average Bonchev–Trinajstić information content (AvgIpc) is 2.32. The summed E-state index contributed by atoms with van der Waals surface area (Å²) in [6.45, 7) is 0. The van der Waals surface area contributed by atoms with E-state index in [4.69, 9.17) is 5.73 Å². The summed E-state index contributed by atoms with van der Waals surface area (Å²) in [6.07, 6.45) is 0.393. The van der Waals surface area contributed by atoms with Gasteiger partial charge < -0.3 is 10.8 Å². The largest absolute Gasteiger partial charge is 0.383 e. The average molecular weight is 297 g/mol. The topological polar surface area (TPSA) is 59.1 Å². The molecule has 0 radical (unpaired) electrons. The number of aliphatic hydroxyl groups excluding tert-OH is 1. The highest BCUT2D eigenvalue weighted by Gasteiger charge is 2.17. The Morgan fingerprint density at radius 1 is 1.29 bits per heavy atom. The first-order valence-electron chi connectivity index (χ1n) is 4.93. The van der Waals surface area contributed by atoms with Crippen LogP contribution in [0, 0.1) is 5.82 Å². The number of aromatic nitrogens is 1. The Hall–Kier alpha value is -1.46.